The lowest BCUT2D eigenvalue weighted by molar-refractivity contribution is -0.201. The molecule has 2 rings (SSSR count). The Morgan fingerprint density at radius 2 is 1.93 bits per heavy atom. The van der Waals surface area contributed by atoms with E-state index in [0.29, 0.717) is 12.2 Å². The zero-order valence-corrected chi connectivity index (χ0v) is 18.9. The molecule has 5 unspecified atom stereocenters. The van der Waals surface area contributed by atoms with E-state index in [1.54, 1.807) is 0 Å². The van der Waals surface area contributed by atoms with Gasteiger partial charge in [-0.25, -0.2) is 8.78 Å². The van der Waals surface area contributed by atoms with Crippen LogP contribution in [0.1, 0.15) is 40.2 Å². The van der Waals surface area contributed by atoms with Crippen LogP contribution in [0.5, 0.6) is 0 Å². The van der Waals surface area contributed by atoms with Crippen molar-refractivity contribution in [2.24, 2.45) is 5.41 Å². The van der Waals surface area contributed by atoms with E-state index in [0.717, 1.165) is 6.07 Å². The van der Waals surface area contributed by atoms with Crippen molar-refractivity contribution in [1.29, 1.82) is 0 Å². The molecule has 0 saturated carbocycles. The highest BCUT2D eigenvalue weighted by Crippen LogP contribution is 2.20. The minimum Gasteiger partial charge on any atom is -0.389 e. The molecule has 1 fully saturated rings. The zero-order valence-electron chi connectivity index (χ0n) is 18.1. The number of carbonyl (C=O) groups excluding carboxylic acids is 1. The van der Waals surface area contributed by atoms with Gasteiger partial charge in [0.1, 0.15) is 11.6 Å². The maximum absolute atomic E-state index is 13.5. The van der Waals surface area contributed by atoms with Gasteiger partial charge in [0, 0.05) is 13.0 Å². The van der Waals surface area contributed by atoms with Crippen LogP contribution >= 0.6 is 12.4 Å². The number of aliphatic hydroxyl groups is 1. The monoisotopic (exact) mass is 450 g/mol. The van der Waals surface area contributed by atoms with Crippen molar-refractivity contribution in [3.05, 3.63) is 35.4 Å². The van der Waals surface area contributed by atoms with E-state index in [1.165, 1.54) is 19.1 Å². The summed E-state index contributed by atoms with van der Waals surface area (Å²) in [4.78, 5) is 11.6. The molecule has 0 bridgehead atoms. The molecular formula is C21H33ClF2N2O4. The Labute approximate surface area is 183 Å². The van der Waals surface area contributed by atoms with E-state index in [9.17, 15) is 18.7 Å². The molecule has 0 aromatic heterocycles. The molecule has 1 amide bonds. The first-order valence-corrected chi connectivity index (χ1v) is 9.84. The summed E-state index contributed by atoms with van der Waals surface area (Å²) >= 11 is 0. The number of hydrogen-bond donors (Lipinski definition) is 3. The van der Waals surface area contributed by atoms with Crippen molar-refractivity contribution in [3.63, 3.8) is 0 Å². The number of hydrogen-bond acceptors (Lipinski definition) is 5. The third-order valence-electron chi connectivity index (χ3n) is 4.60. The molecule has 0 spiro atoms. The zero-order chi connectivity index (χ0) is 21.8. The fourth-order valence-electron chi connectivity index (χ4n) is 3.31. The molecule has 1 heterocycles. The molecule has 5 atom stereocenters. The van der Waals surface area contributed by atoms with Gasteiger partial charge < -0.3 is 25.2 Å². The molecular weight excluding hydrogens is 418 g/mol. The van der Waals surface area contributed by atoms with Crippen molar-refractivity contribution < 1.29 is 28.2 Å². The van der Waals surface area contributed by atoms with Gasteiger partial charge in [-0.1, -0.05) is 20.8 Å². The van der Waals surface area contributed by atoms with Gasteiger partial charge in [0.2, 0.25) is 5.91 Å². The second kappa shape index (κ2) is 11.3. The lowest BCUT2D eigenvalue weighted by Crippen LogP contribution is -2.62. The number of rotatable bonds is 7. The van der Waals surface area contributed by atoms with Gasteiger partial charge in [-0.2, -0.15) is 0 Å². The van der Waals surface area contributed by atoms with Gasteiger partial charge in [-0.15, -0.1) is 12.4 Å². The van der Waals surface area contributed by atoms with E-state index >= 15 is 0 Å². The van der Waals surface area contributed by atoms with Crippen molar-refractivity contribution in [2.45, 2.75) is 71.6 Å². The Kier molecular flexibility index (Phi) is 10.1. The molecule has 172 valence electrons. The number of nitrogens with one attached hydrogen (secondary N) is 2. The van der Waals surface area contributed by atoms with Crippen LogP contribution in [0, 0.1) is 17.0 Å². The predicted molar refractivity (Wildman–Crippen MR) is 112 cm³/mol. The molecule has 1 aliphatic heterocycles. The minimum absolute atomic E-state index is 0. The molecule has 6 nitrogen and oxygen atoms in total. The molecule has 3 N–H and O–H groups in total. The van der Waals surface area contributed by atoms with E-state index in [-0.39, 0.29) is 42.8 Å². The summed E-state index contributed by atoms with van der Waals surface area (Å²) in [6, 6.07) is 1.76. The van der Waals surface area contributed by atoms with Crippen molar-refractivity contribution in [2.75, 3.05) is 13.2 Å². The van der Waals surface area contributed by atoms with Crippen LogP contribution in [0.2, 0.25) is 0 Å². The average Bonchev–Trinajstić information content (AvgIpc) is 2.57. The van der Waals surface area contributed by atoms with Gasteiger partial charge in [-0.3, -0.25) is 4.79 Å². The molecule has 0 radical (unpaired) electrons. The van der Waals surface area contributed by atoms with Gasteiger partial charge in [0.25, 0.3) is 0 Å². The largest absolute Gasteiger partial charge is 0.389 e. The van der Waals surface area contributed by atoms with Crippen LogP contribution in [-0.2, 0) is 20.7 Å². The van der Waals surface area contributed by atoms with Crippen molar-refractivity contribution >= 4 is 18.3 Å². The van der Waals surface area contributed by atoms with Crippen LogP contribution in [-0.4, -0.2) is 54.7 Å². The molecule has 1 aromatic carbocycles. The first-order chi connectivity index (χ1) is 13.4. The molecule has 9 heteroatoms. The third kappa shape index (κ3) is 8.43. The first-order valence-electron chi connectivity index (χ1n) is 9.84. The van der Waals surface area contributed by atoms with Crippen molar-refractivity contribution in [1.82, 2.24) is 10.6 Å². The maximum Gasteiger partial charge on any atom is 0.217 e. The van der Waals surface area contributed by atoms with Crippen LogP contribution < -0.4 is 10.6 Å². The van der Waals surface area contributed by atoms with Gasteiger partial charge in [0.15, 0.2) is 6.29 Å². The van der Waals surface area contributed by atoms with Gasteiger partial charge >= 0.3 is 0 Å². The number of aliphatic hydroxyl groups excluding tert-OH is 1. The second-order valence-electron chi connectivity index (χ2n) is 8.91. The SMILES string of the molecule is CC(=O)NC(Cc1cc(F)cc(F)c1)C(O)C1COC(OCC(C)(C)C)C(C)N1.Cl. The van der Waals surface area contributed by atoms with Crippen LogP contribution in [0.4, 0.5) is 8.78 Å². The lowest BCUT2D eigenvalue weighted by Gasteiger charge is -2.40. The summed E-state index contributed by atoms with van der Waals surface area (Å²) in [5.41, 5.74) is 0.340. The number of benzene rings is 1. The number of amides is 1. The molecule has 1 aromatic rings. The average molecular weight is 451 g/mol. The molecule has 1 saturated heterocycles. The first kappa shape index (κ1) is 26.7. The fourth-order valence-corrected chi connectivity index (χ4v) is 3.31. The van der Waals surface area contributed by atoms with E-state index in [4.69, 9.17) is 9.47 Å². The highest BCUT2D eigenvalue weighted by atomic mass is 35.5. The van der Waals surface area contributed by atoms with E-state index < -0.39 is 36.1 Å². The van der Waals surface area contributed by atoms with Crippen molar-refractivity contribution in [3.8, 4) is 0 Å². The van der Waals surface area contributed by atoms with Crippen LogP contribution in [0.3, 0.4) is 0 Å². The summed E-state index contributed by atoms with van der Waals surface area (Å²) in [7, 11) is 0. The summed E-state index contributed by atoms with van der Waals surface area (Å²) in [6.45, 7) is 10.1. The highest BCUT2D eigenvalue weighted by Gasteiger charge is 2.36. The number of carbonyl (C=O) groups is 1. The normalized spacial score (nSPS) is 23.9. The quantitative estimate of drug-likeness (QED) is 0.595. The van der Waals surface area contributed by atoms with Crippen LogP contribution in [0.25, 0.3) is 0 Å². The minimum atomic E-state index is -1.03. The van der Waals surface area contributed by atoms with Crippen LogP contribution in [0.15, 0.2) is 18.2 Å². The standard InChI is InChI=1S/C21H32F2N2O4.ClH/c1-12-20(29-11-21(3,4)5)28-10-18(24-12)19(27)17(25-13(2)26)8-14-6-15(22)9-16(23)7-14;/h6-7,9,12,17-20,24,27H,8,10-11H2,1-5H3,(H,25,26);1H. The Morgan fingerprint density at radius 3 is 2.43 bits per heavy atom. The molecule has 0 aliphatic carbocycles. The Hall–Kier alpha value is -1.32. The smallest absolute Gasteiger partial charge is 0.217 e. The molecule has 1 aliphatic rings. The second-order valence-corrected chi connectivity index (χ2v) is 8.91. The van der Waals surface area contributed by atoms with E-state index in [1.807, 2.05) is 6.92 Å². The van der Waals surface area contributed by atoms with Gasteiger partial charge in [0.05, 0.1) is 37.4 Å². The van der Waals surface area contributed by atoms with Gasteiger partial charge in [-0.05, 0) is 36.5 Å². The summed E-state index contributed by atoms with van der Waals surface area (Å²) in [6.07, 6.45) is -1.41. The maximum atomic E-state index is 13.5. The fraction of sp³-hybridized carbons (Fsp3) is 0.667. The molecule has 30 heavy (non-hydrogen) atoms. The summed E-state index contributed by atoms with van der Waals surface area (Å²) in [5, 5.41) is 16.8. The Balaban J connectivity index is 0.00000450. The number of ether oxygens (including phenoxy) is 2. The summed E-state index contributed by atoms with van der Waals surface area (Å²) < 4.78 is 38.6. The topological polar surface area (TPSA) is 79.8 Å². The number of morpholine rings is 1. The Bertz CT molecular complexity index is 682. The highest BCUT2D eigenvalue weighted by molar-refractivity contribution is 5.85. The Morgan fingerprint density at radius 1 is 1.33 bits per heavy atom. The number of halogens is 3. The summed E-state index contributed by atoms with van der Waals surface area (Å²) in [5.74, 6) is -1.76. The lowest BCUT2D eigenvalue weighted by atomic mass is 9.95. The third-order valence-corrected chi connectivity index (χ3v) is 4.60. The predicted octanol–water partition coefficient (Wildman–Crippen LogP) is 2.56. The van der Waals surface area contributed by atoms with E-state index in [2.05, 4.69) is 31.4 Å².